The fourth-order valence-corrected chi connectivity index (χ4v) is 1.57. The van der Waals surface area contributed by atoms with Crippen molar-refractivity contribution in [1.82, 2.24) is 14.8 Å². The lowest BCUT2D eigenvalue weighted by Gasteiger charge is -2.26. The summed E-state index contributed by atoms with van der Waals surface area (Å²) in [5.74, 6) is 0. The molecule has 1 aromatic heterocycles. The van der Waals surface area contributed by atoms with E-state index in [-0.39, 0.29) is 6.54 Å². The largest absolute Gasteiger partial charge is 0.387 e. The third kappa shape index (κ3) is 3.97. The van der Waals surface area contributed by atoms with E-state index < -0.39 is 5.60 Å². The number of hydrogen-bond donors (Lipinski definition) is 2. The summed E-state index contributed by atoms with van der Waals surface area (Å²) < 4.78 is 1.62. The molecule has 15 heavy (non-hydrogen) atoms. The number of unbranched alkanes of at least 4 members (excludes halogenated alkanes) is 2. The summed E-state index contributed by atoms with van der Waals surface area (Å²) in [5, 5.41) is 14.2. The Morgan fingerprint density at radius 3 is 2.80 bits per heavy atom. The zero-order valence-corrected chi connectivity index (χ0v) is 9.26. The first kappa shape index (κ1) is 12.1. The molecule has 0 aliphatic carbocycles. The molecule has 0 saturated heterocycles. The maximum atomic E-state index is 10.2. The number of nitrogens with zero attached hydrogens (tertiary/aromatic N) is 3. The maximum absolute atomic E-state index is 10.2. The molecule has 0 fully saturated rings. The second-order valence-electron chi connectivity index (χ2n) is 3.98. The molecule has 0 amide bonds. The van der Waals surface area contributed by atoms with Gasteiger partial charge in [-0.15, -0.1) is 0 Å². The summed E-state index contributed by atoms with van der Waals surface area (Å²) >= 11 is 0. The van der Waals surface area contributed by atoms with Crippen LogP contribution in [0.25, 0.3) is 0 Å². The van der Waals surface area contributed by atoms with Gasteiger partial charge >= 0.3 is 0 Å². The SMILES string of the molecule is CCCCCC(O)(CN)Cn1cncn1. The summed E-state index contributed by atoms with van der Waals surface area (Å²) in [6, 6.07) is 0. The predicted octanol–water partition coefficient (Wildman–Crippen LogP) is 0.548. The highest BCUT2D eigenvalue weighted by atomic mass is 16.3. The van der Waals surface area contributed by atoms with Gasteiger partial charge in [-0.2, -0.15) is 5.10 Å². The normalized spacial score (nSPS) is 15.1. The van der Waals surface area contributed by atoms with E-state index in [0.717, 1.165) is 25.7 Å². The van der Waals surface area contributed by atoms with Gasteiger partial charge in [-0.05, 0) is 6.42 Å². The minimum absolute atomic E-state index is 0.260. The summed E-state index contributed by atoms with van der Waals surface area (Å²) in [7, 11) is 0. The first-order valence-electron chi connectivity index (χ1n) is 5.45. The molecule has 1 atom stereocenters. The zero-order chi connectivity index (χ0) is 11.1. The Balaban J connectivity index is 2.44. The second kappa shape index (κ2) is 5.82. The number of aliphatic hydroxyl groups is 1. The Morgan fingerprint density at radius 1 is 1.47 bits per heavy atom. The van der Waals surface area contributed by atoms with E-state index in [1.54, 1.807) is 11.0 Å². The molecule has 1 unspecified atom stereocenters. The van der Waals surface area contributed by atoms with Crippen molar-refractivity contribution < 1.29 is 5.11 Å². The standard InChI is InChI=1S/C10H20N4O/c1-2-3-4-5-10(15,6-11)7-14-9-12-8-13-14/h8-9,15H,2-7,11H2,1H3. The van der Waals surface area contributed by atoms with Crippen LogP contribution in [-0.4, -0.2) is 32.0 Å². The van der Waals surface area contributed by atoms with Crippen molar-refractivity contribution in [2.75, 3.05) is 6.54 Å². The molecule has 5 heteroatoms. The van der Waals surface area contributed by atoms with E-state index >= 15 is 0 Å². The molecule has 1 aromatic rings. The second-order valence-corrected chi connectivity index (χ2v) is 3.98. The quantitative estimate of drug-likeness (QED) is 0.647. The summed E-state index contributed by atoms with van der Waals surface area (Å²) in [6.45, 7) is 2.82. The monoisotopic (exact) mass is 212 g/mol. The van der Waals surface area contributed by atoms with Crippen LogP contribution in [0.2, 0.25) is 0 Å². The van der Waals surface area contributed by atoms with Crippen molar-refractivity contribution >= 4 is 0 Å². The van der Waals surface area contributed by atoms with E-state index in [9.17, 15) is 5.11 Å². The molecule has 0 aliphatic heterocycles. The maximum Gasteiger partial charge on any atom is 0.137 e. The van der Waals surface area contributed by atoms with Gasteiger partial charge in [0, 0.05) is 6.54 Å². The molecule has 0 bridgehead atoms. The van der Waals surface area contributed by atoms with Crippen LogP contribution in [0.1, 0.15) is 32.6 Å². The van der Waals surface area contributed by atoms with Crippen molar-refractivity contribution in [3.05, 3.63) is 12.7 Å². The Kier molecular flexibility index (Phi) is 4.71. The van der Waals surface area contributed by atoms with E-state index in [1.807, 2.05) is 0 Å². The average molecular weight is 212 g/mol. The van der Waals surface area contributed by atoms with Crippen LogP contribution in [0.15, 0.2) is 12.7 Å². The van der Waals surface area contributed by atoms with Gasteiger partial charge in [-0.1, -0.05) is 26.2 Å². The van der Waals surface area contributed by atoms with Crippen LogP contribution in [0.3, 0.4) is 0 Å². The number of nitrogens with two attached hydrogens (primary N) is 1. The van der Waals surface area contributed by atoms with Crippen LogP contribution in [-0.2, 0) is 6.54 Å². The van der Waals surface area contributed by atoms with Gasteiger partial charge < -0.3 is 10.8 Å². The van der Waals surface area contributed by atoms with Crippen molar-refractivity contribution in [3.63, 3.8) is 0 Å². The van der Waals surface area contributed by atoms with Gasteiger partial charge in [0.2, 0.25) is 0 Å². The van der Waals surface area contributed by atoms with Crippen LogP contribution in [0, 0.1) is 0 Å². The van der Waals surface area contributed by atoms with Gasteiger partial charge in [0.1, 0.15) is 12.7 Å². The van der Waals surface area contributed by atoms with Gasteiger partial charge in [0.05, 0.1) is 12.1 Å². The highest BCUT2D eigenvalue weighted by molar-refractivity contribution is 4.79. The van der Waals surface area contributed by atoms with E-state index in [1.165, 1.54) is 6.33 Å². The van der Waals surface area contributed by atoms with Crippen molar-refractivity contribution in [2.45, 2.75) is 44.8 Å². The van der Waals surface area contributed by atoms with Crippen LogP contribution in [0.4, 0.5) is 0 Å². The highest BCUT2D eigenvalue weighted by Crippen LogP contribution is 2.15. The van der Waals surface area contributed by atoms with E-state index in [4.69, 9.17) is 5.73 Å². The van der Waals surface area contributed by atoms with E-state index in [2.05, 4.69) is 17.0 Å². The Bertz CT molecular complexity index is 262. The Labute approximate surface area is 90.3 Å². The third-order valence-electron chi connectivity index (χ3n) is 2.55. The van der Waals surface area contributed by atoms with E-state index in [0.29, 0.717) is 6.54 Å². The molecular formula is C10H20N4O. The molecule has 3 N–H and O–H groups in total. The topological polar surface area (TPSA) is 77.0 Å². The predicted molar refractivity (Wildman–Crippen MR) is 58.2 cm³/mol. The lowest BCUT2D eigenvalue weighted by atomic mass is 9.96. The lowest BCUT2D eigenvalue weighted by Crippen LogP contribution is -2.42. The molecular weight excluding hydrogens is 192 g/mol. The van der Waals surface area contributed by atoms with Gasteiger partial charge in [-0.25, -0.2) is 4.98 Å². The van der Waals surface area contributed by atoms with Gasteiger partial charge in [-0.3, -0.25) is 4.68 Å². The van der Waals surface area contributed by atoms with Crippen LogP contribution < -0.4 is 5.73 Å². The lowest BCUT2D eigenvalue weighted by molar-refractivity contribution is 0.0172. The average Bonchev–Trinajstić information content (AvgIpc) is 2.71. The summed E-state index contributed by atoms with van der Waals surface area (Å²) in [5.41, 5.74) is 4.75. The minimum Gasteiger partial charge on any atom is -0.387 e. The molecule has 0 aliphatic rings. The third-order valence-corrected chi connectivity index (χ3v) is 2.55. The molecule has 1 rings (SSSR count). The first-order chi connectivity index (χ1) is 7.20. The van der Waals surface area contributed by atoms with Crippen LogP contribution >= 0.6 is 0 Å². The zero-order valence-electron chi connectivity index (χ0n) is 9.26. The molecule has 0 aromatic carbocycles. The Morgan fingerprint density at radius 2 is 2.27 bits per heavy atom. The molecule has 5 nitrogen and oxygen atoms in total. The molecule has 0 radical (unpaired) electrons. The Hall–Kier alpha value is -0.940. The first-order valence-corrected chi connectivity index (χ1v) is 5.45. The molecule has 0 saturated carbocycles. The van der Waals surface area contributed by atoms with Gasteiger partial charge in [0.25, 0.3) is 0 Å². The van der Waals surface area contributed by atoms with Crippen molar-refractivity contribution in [3.8, 4) is 0 Å². The number of hydrogen-bond acceptors (Lipinski definition) is 4. The minimum atomic E-state index is -0.844. The summed E-state index contributed by atoms with van der Waals surface area (Å²) in [6.07, 6.45) is 7.04. The van der Waals surface area contributed by atoms with Gasteiger partial charge in [0.15, 0.2) is 0 Å². The van der Waals surface area contributed by atoms with Crippen molar-refractivity contribution in [2.24, 2.45) is 5.73 Å². The summed E-state index contributed by atoms with van der Waals surface area (Å²) in [4.78, 5) is 3.84. The number of aromatic nitrogens is 3. The van der Waals surface area contributed by atoms with Crippen molar-refractivity contribution in [1.29, 1.82) is 0 Å². The fourth-order valence-electron chi connectivity index (χ4n) is 1.57. The van der Waals surface area contributed by atoms with Crippen LogP contribution in [0.5, 0.6) is 0 Å². The molecule has 1 heterocycles. The number of rotatable bonds is 7. The highest BCUT2D eigenvalue weighted by Gasteiger charge is 2.25. The smallest absolute Gasteiger partial charge is 0.137 e. The fraction of sp³-hybridized carbons (Fsp3) is 0.800. The molecule has 86 valence electrons. The molecule has 0 spiro atoms.